The van der Waals surface area contributed by atoms with E-state index < -0.39 is 22.0 Å². The van der Waals surface area contributed by atoms with Crippen LogP contribution in [0.25, 0.3) is 0 Å². The SMILES string of the molecule is CCCC[C@H](NS(=O)(=O)c1cc(Br)ccc1C#N)C(=O)O. The van der Waals surface area contributed by atoms with Crippen LogP contribution < -0.4 is 4.72 Å². The number of benzene rings is 1. The summed E-state index contributed by atoms with van der Waals surface area (Å²) < 4.78 is 27.2. The molecule has 0 aliphatic rings. The maximum absolute atomic E-state index is 12.3. The molecular weight excluding hydrogens is 360 g/mol. The molecule has 0 saturated carbocycles. The average Bonchev–Trinajstić information content (AvgIpc) is 2.43. The highest BCUT2D eigenvalue weighted by Gasteiger charge is 2.27. The Bertz CT molecular complexity index is 667. The fraction of sp³-hybridized carbons (Fsp3) is 0.385. The summed E-state index contributed by atoms with van der Waals surface area (Å²) in [6, 6.07) is 4.76. The maximum Gasteiger partial charge on any atom is 0.321 e. The van der Waals surface area contributed by atoms with Gasteiger partial charge in [0.25, 0.3) is 0 Å². The number of halogens is 1. The first kappa shape index (κ1) is 17.6. The first-order chi connectivity index (χ1) is 9.81. The molecule has 8 heteroatoms. The van der Waals surface area contributed by atoms with E-state index >= 15 is 0 Å². The Hall–Kier alpha value is -1.43. The molecule has 21 heavy (non-hydrogen) atoms. The zero-order valence-corrected chi connectivity index (χ0v) is 13.7. The number of rotatable bonds is 7. The smallest absolute Gasteiger partial charge is 0.321 e. The van der Waals surface area contributed by atoms with Crippen LogP contribution in [-0.4, -0.2) is 25.5 Å². The Morgan fingerprint density at radius 3 is 2.71 bits per heavy atom. The number of nitrogens with one attached hydrogen (secondary N) is 1. The minimum absolute atomic E-state index is 0.0367. The summed E-state index contributed by atoms with van der Waals surface area (Å²) in [6.45, 7) is 1.88. The van der Waals surface area contributed by atoms with Crippen molar-refractivity contribution in [2.75, 3.05) is 0 Å². The molecule has 1 aromatic carbocycles. The topological polar surface area (TPSA) is 107 Å². The highest BCUT2D eigenvalue weighted by atomic mass is 79.9. The number of hydrogen-bond acceptors (Lipinski definition) is 4. The number of carboxylic acid groups (broad SMARTS) is 1. The number of unbranched alkanes of at least 4 members (excludes halogenated alkanes) is 1. The molecule has 2 N–H and O–H groups in total. The van der Waals surface area contributed by atoms with Crippen LogP contribution in [0.5, 0.6) is 0 Å². The lowest BCUT2D eigenvalue weighted by Gasteiger charge is -2.15. The van der Waals surface area contributed by atoms with Gasteiger partial charge in [0, 0.05) is 4.47 Å². The minimum atomic E-state index is -4.08. The lowest BCUT2D eigenvalue weighted by molar-refractivity contribution is -0.139. The third-order valence-electron chi connectivity index (χ3n) is 2.80. The average molecular weight is 375 g/mol. The highest BCUT2D eigenvalue weighted by molar-refractivity contribution is 9.10. The van der Waals surface area contributed by atoms with Gasteiger partial charge in [0.1, 0.15) is 17.0 Å². The molecular formula is C13H15BrN2O4S. The number of sulfonamides is 1. The third-order valence-corrected chi connectivity index (χ3v) is 4.80. The van der Waals surface area contributed by atoms with E-state index in [4.69, 9.17) is 10.4 Å². The van der Waals surface area contributed by atoms with Gasteiger partial charge in [-0.15, -0.1) is 0 Å². The molecule has 0 spiro atoms. The minimum Gasteiger partial charge on any atom is -0.480 e. The molecule has 1 aromatic rings. The van der Waals surface area contributed by atoms with Gasteiger partial charge >= 0.3 is 5.97 Å². The van der Waals surface area contributed by atoms with Crippen LogP contribution in [0.4, 0.5) is 0 Å². The predicted molar refractivity (Wildman–Crippen MR) is 80.1 cm³/mol. The van der Waals surface area contributed by atoms with Gasteiger partial charge in [-0.1, -0.05) is 35.7 Å². The normalized spacial score (nSPS) is 12.6. The summed E-state index contributed by atoms with van der Waals surface area (Å²) in [7, 11) is -4.08. The van der Waals surface area contributed by atoms with Crippen LogP contribution in [0.2, 0.25) is 0 Å². The lowest BCUT2D eigenvalue weighted by Crippen LogP contribution is -2.40. The zero-order chi connectivity index (χ0) is 16.0. The van der Waals surface area contributed by atoms with Crippen molar-refractivity contribution in [3.63, 3.8) is 0 Å². The molecule has 0 aliphatic heterocycles. The number of carbonyl (C=O) groups is 1. The van der Waals surface area contributed by atoms with Gasteiger partial charge in [-0.3, -0.25) is 4.79 Å². The summed E-state index contributed by atoms with van der Waals surface area (Å²) in [6.07, 6.45) is 1.54. The molecule has 6 nitrogen and oxygen atoms in total. The highest BCUT2D eigenvalue weighted by Crippen LogP contribution is 2.21. The van der Waals surface area contributed by atoms with Crippen molar-refractivity contribution in [1.29, 1.82) is 5.26 Å². The molecule has 0 aromatic heterocycles. The van der Waals surface area contributed by atoms with Crippen molar-refractivity contribution in [3.8, 4) is 6.07 Å². The van der Waals surface area contributed by atoms with Crippen LogP contribution in [0.1, 0.15) is 31.7 Å². The summed E-state index contributed by atoms with van der Waals surface area (Å²) in [5.74, 6) is -1.24. The molecule has 1 atom stereocenters. The molecule has 114 valence electrons. The molecule has 0 saturated heterocycles. The van der Waals surface area contributed by atoms with E-state index in [1.165, 1.54) is 12.1 Å². The fourth-order valence-electron chi connectivity index (χ4n) is 1.70. The van der Waals surface area contributed by atoms with Crippen LogP contribution in [-0.2, 0) is 14.8 Å². The van der Waals surface area contributed by atoms with E-state index in [1.54, 1.807) is 12.1 Å². The van der Waals surface area contributed by atoms with E-state index in [-0.39, 0.29) is 16.9 Å². The molecule has 0 amide bonds. The van der Waals surface area contributed by atoms with Crippen molar-refractivity contribution >= 4 is 31.9 Å². The Morgan fingerprint density at radius 2 is 2.19 bits per heavy atom. The zero-order valence-electron chi connectivity index (χ0n) is 11.3. The second-order valence-corrected chi connectivity index (χ2v) is 7.00. The predicted octanol–water partition coefficient (Wildman–Crippen LogP) is 2.24. The van der Waals surface area contributed by atoms with Crippen molar-refractivity contribution in [1.82, 2.24) is 4.72 Å². The largest absolute Gasteiger partial charge is 0.480 e. The van der Waals surface area contributed by atoms with E-state index in [2.05, 4.69) is 20.7 Å². The molecule has 1 rings (SSSR count). The first-order valence-electron chi connectivity index (χ1n) is 6.26. The molecule has 0 bridgehead atoms. The Morgan fingerprint density at radius 1 is 1.52 bits per heavy atom. The molecule has 0 fully saturated rings. The van der Waals surface area contributed by atoms with Gasteiger partial charge in [0.2, 0.25) is 10.0 Å². The van der Waals surface area contributed by atoms with Crippen LogP contribution in [0.3, 0.4) is 0 Å². The third kappa shape index (κ3) is 4.81. The van der Waals surface area contributed by atoms with E-state index in [0.29, 0.717) is 10.9 Å². The van der Waals surface area contributed by atoms with Crippen molar-refractivity contribution in [3.05, 3.63) is 28.2 Å². The van der Waals surface area contributed by atoms with Crippen molar-refractivity contribution in [2.45, 2.75) is 37.1 Å². The number of hydrogen-bond donors (Lipinski definition) is 2. The summed E-state index contributed by atoms with van der Waals surface area (Å²) in [4.78, 5) is 10.9. The van der Waals surface area contributed by atoms with Crippen molar-refractivity contribution in [2.24, 2.45) is 0 Å². The van der Waals surface area contributed by atoms with Gasteiger partial charge in [-0.25, -0.2) is 8.42 Å². The van der Waals surface area contributed by atoms with Crippen molar-refractivity contribution < 1.29 is 18.3 Å². The van der Waals surface area contributed by atoms with Gasteiger partial charge < -0.3 is 5.11 Å². The Balaban J connectivity index is 3.13. The van der Waals surface area contributed by atoms with E-state index in [0.717, 1.165) is 6.42 Å². The second-order valence-electron chi connectivity index (χ2n) is 4.41. The lowest BCUT2D eigenvalue weighted by atomic mass is 10.1. The fourth-order valence-corrected chi connectivity index (χ4v) is 3.62. The monoisotopic (exact) mass is 374 g/mol. The quantitative estimate of drug-likeness (QED) is 0.760. The van der Waals surface area contributed by atoms with Gasteiger partial charge in [0.05, 0.1) is 5.56 Å². The number of nitrogens with zero attached hydrogens (tertiary/aromatic N) is 1. The summed E-state index contributed by atoms with van der Waals surface area (Å²) in [5, 5.41) is 18.1. The van der Waals surface area contributed by atoms with Gasteiger partial charge in [0.15, 0.2) is 0 Å². The maximum atomic E-state index is 12.3. The number of carboxylic acids is 1. The van der Waals surface area contributed by atoms with Gasteiger partial charge in [-0.2, -0.15) is 9.98 Å². The molecule has 0 heterocycles. The van der Waals surface area contributed by atoms with E-state index in [9.17, 15) is 13.2 Å². The number of aliphatic carboxylic acids is 1. The van der Waals surface area contributed by atoms with Crippen LogP contribution >= 0.6 is 15.9 Å². The van der Waals surface area contributed by atoms with Crippen LogP contribution in [0.15, 0.2) is 27.6 Å². The van der Waals surface area contributed by atoms with Crippen LogP contribution in [0, 0.1) is 11.3 Å². The summed E-state index contributed by atoms with van der Waals surface area (Å²) >= 11 is 3.14. The van der Waals surface area contributed by atoms with Gasteiger partial charge in [-0.05, 0) is 24.6 Å². The summed E-state index contributed by atoms with van der Waals surface area (Å²) in [5.41, 5.74) is -0.0367. The first-order valence-corrected chi connectivity index (χ1v) is 8.54. The Kier molecular flexibility index (Phi) is 6.33. The standard InChI is InChI=1S/C13H15BrN2O4S/c1-2-3-4-11(13(17)18)16-21(19,20)12-7-10(14)6-5-9(12)8-15/h5-7,11,16H,2-4H2,1H3,(H,17,18)/t11-/m0/s1. The molecule has 0 aliphatic carbocycles. The molecule has 0 radical (unpaired) electrons. The van der Waals surface area contributed by atoms with E-state index in [1.807, 2.05) is 6.92 Å². The second kappa shape index (κ2) is 7.54. The Labute approximate surface area is 132 Å². The number of nitriles is 1. The molecule has 0 unspecified atom stereocenters.